The van der Waals surface area contributed by atoms with Gasteiger partial charge in [-0.15, -0.1) is 24.8 Å². The molecule has 18 heavy (non-hydrogen) atoms. The molecule has 6 nitrogen and oxygen atoms in total. The molecule has 0 aliphatic rings. The van der Waals surface area contributed by atoms with Crippen molar-refractivity contribution in [3.63, 3.8) is 0 Å². The lowest BCUT2D eigenvalue weighted by Gasteiger charge is -1.95. The van der Waals surface area contributed by atoms with Gasteiger partial charge in [-0.2, -0.15) is 4.99 Å². The molecule has 6 N–H and O–H groups in total. The molecule has 9 heteroatoms. The number of carbonyl (C=O) groups excluding carboxylic acids is 1. The van der Waals surface area contributed by atoms with Gasteiger partial charge in [0.2, 0.25) is 0 Å². The first-order valence-corrected chi connectivity index (χ1v) is 5.18. The van der Waals surface area contributed by atoms with Crippen molar-refractivity contribution in [1.29, 1.82) is 0 Å². The van der Waals surface area contributed by atoms with Gasteiger partial charge in [0.05, 0.1) is 10.2 Å². The number of hydrogen-bond donors (Lipinski definition) is 3. The lowest BCUT2D eigenvalue weighted by atomic mass is 10.2. The third-order valence-corrected chi connectivity index (χ3v) is 2.73. The zero-order valence-corrected chi connectivity index (χ0v) is 11.4. The third kappa shape index (κ3) is 3.46. The molecule has 0 saturated heterocycles. The van der Waals surface area contributed by atoms with E-state index in [2.05, 4.69) is 9.98 Å². The molecule has 2 aromatic rings. The van der Waals surface area contributed by atoms with Gasteiger partial charge in [0.25, 0.3) is 5.91 Å². The van der Waals surface area contributed by atoms with E-state index in [4.69, 9.17) is 17.2 Å². The Morgan fingerprint density at radius 1 is 1.28 bits per heavy atom. The minimum Gasteiger partial charge on any atom is -0.375 e. The highest BCUT2D eigenvalue weighted by molar-refractivity contribution is 7.22. The number of rotatable bonds is 1. The van der Waals surface area contributed by atoms with Crippen LogP contribution < -0.4 is 17.2 Å². The van der Waals surface area contributed by atoms with Crippen LogP contribution in [0.3, 0.4) is 0 Å². The maximum absolute atomic E-state index is 11.5. The van der Waals surface area contributed by atoms with Crippen molar-refractivity contribution in [3.8, 4) is 0 Å². The van der Waals surface area contributed by atoms with Crippen molar-refractivity contribution >= 4 is 63.4 Å². The molecule has 0 atom stereocenters. The van der Waals surface area contributed by atoms with Gasteiger partial charge in [0.15, 0.2) is 11.1 Å². The number of aromatic nitrogens is 1. The normalized spacial score (nSPS) is 9.11. The number of aliphatic imine (C=N–C) groups is 1. The fourth-order valence-corrected chi connectivity index (χ4v) is 2.03. The number of anilines is 1. The van der Waals surface area contributed by atoms with Crippen LogP contribution in [0.15, 0.2) is 23.2 Å². The van der Waals surface area contributed by atoms with E-state index in [0.29, 0.717) is 10.7 Å². The molecule has 1 aromatic carbocycles. The van der Waals surface area contributed by atoms with Gasteiger partial charge in [-0.05, 0) is 18.2 Å². The predicted octanol–water partition coefficient (Wildman–Crippen LogP) is 1.14. The van der Waals surface area contributed by atoms with Gasteiger partial charge in [0, 0.05) is 5.56 Å². The van der Waals surface area contributed by atoms with Gasteiger partial charge >= 0.3 is 0 Å². The van der Waals surface area contributed by atoms with Crippen molar-refractivity contribution < 1.29 is 4.79 Å². The van der Waals surface area contributed by atoms with Crippen LogP contribution in [0.25, 0.3) is 10.2 Å². The van der Waals surface area contributed by atoms with Crippen LogP contribution in [-0.4, -0.2) is 16.9 Å². The second-order valence-electron chi connectivity index (χ2n) is 3.08. The number of carbonyl (C=O) groups is 1. The molecule has 0 bridgehead atoms. The van der Waals surface area contributed by atoms with E-state index >= 15 is 0 Å². The van der Waals surface area contributed by atoms with Gasteiger partial charge in [0.1, 0.15) is 0 Å². The summed E-state index contributed by atoms with van der Waals surface area (Å²) in [5.41, 5.74) is 17.0. The number of benzene rings is 1. The van der Waals surface area contributed by atoms with Crippen molar-refractivity contribution in [3.05, 3.63) is 23.8 Å². The Morgan fingerprint density at radius 2 is 1.94 bits per heavy atom. The van der Waals surface area contributed by atoms with Crippen LogP contribution >= 0.6 is 36.2 Å². The van der Waals surface area contributed by atoms with Crippen LogP contribution in [0.4, 0.5) is 5.13 Å². The molecular weight excluding hydrogens is 297 g/mol. The smallest absolute Gasteiger partial charge is 0.280 e. The molecule has 0 radical (unpaired) electrons. The second-order valence-corrected chi connectivity index (χ2v) is 4.14. The summed E-state index contributed by atoms with van der Waals surface area (Å²) in [4.78, 5) is 19.0. The molecule has 2 rings (SSSR count). The third-order valence-electron chi connectivity index (χ3n) is 1.88. The molecule has 0 aliphatic heterocycles. The second kappa shape index (κ2) is 6.39. The Kier molecular flexibility index (Phi) is 5.83. The van der Waals surface area contributed by atoms with Crippen molar-refractivity contribution in [2.45, 2.75) is 0 Å². The molecule has 1 heterocycles. The summed E-state index contributed by atoms with van der Waals surface area (Å²) in [7, 11) is 0. The van der Waals surface area contributed by atoms with E-state index in [9.17, 15) is 4.79 Å². The molecule has 0 spiro atoms. The maximum atomic E-state index is 11.5. The minimum atomic E-state index is -0.478. The minimum absolute atomic E-state index is 0. The zero-order valence-electron chi connectivity index (χ0n) is 8.99. The number of fused-ring (bicyclic) bond motifs is 1. The topological polar surface area (TPSA) is 120 Å². The first-order valence-electron chi connectivity index (χ1n) is 4.36. The van der Waals surface area contributed by atoms with Gasteiger partial charge in [-0.1, -0.05) is 11.3 Å². The summed E-state index contributed by atoms with van der Waals surface area (Å²) in [6, 6.07) is 4.98. The Labute approximate surface area is 119 Å². The van der Waals surface area contributed by atoms with Crippen molar-refractivity contribution in [2.24, 2.45) is 16.5 Å². The van der Waals surface area contributed by atoms with Crippen molar-refractivity contribution in [2.75, 3.05) is 5.73 Å². The summed E-state index contributed by atoms with van der Waals surface area (Å²) >= 11 is 1.31. The lowest BCUT2D eigenvalue weighted by molar-refractivity contribution is 0.100. The molecule has 98 valence electrons. The molecule has 0 unspecified atom stereocenters. The summed E-state index contributed by atoms with van der Waals surface area (Å²) in [6.45, 7) is 0. The summed E-state index contributed by atoms with van der Waals surface area (Å²) in [5.74, 6) is -0.734. The molecule has 0 saturated carbocycles. The quantitative estimate of drug-likeness (QED) is 0.539. The summed E-state index contributed by atoms with van der Waals surface area (Å²) < 4.78 is 0.828. The summed E-state index contributed by atoms with van der Waals surface area (Å²) in [5, 5.41) is 0.460. The van der Waals surface area contributed by atoms with Gasteiger partial charge in [-0.25, -0.2) is 4.98 Å². The average Bonchev–Trinajstić information content (AvgIpc) is 2.55. The standard InChI is InChI=1S/C9H9N5OS.2ClH/c10-8(11)14-7(15)4-1-2-5-6(3-4)16-9(12)13-5;;/h1-3H,(H2,12,13)(H4,10,11,14,15);2*1H. The Balaban J connectivity index is 0.00000144. The number of thiazole rings is 1. The fourth-order valence-electron chi connectivity index (χ4n) is 1.26. The Hall–Kier alpha value is -1.57. The predicted molar refractivity (Wildman–Crippen MR) is 78.7 cm³/mol. The number of halogens is 2. The molecule has 0 fully saturated rings. The maximum Gasteiger partial charge on any atom is 0.280 e. The molecular formula is C9H11Cl2N5OS. The van der Waals surface area contributed by atoms with Gasteiger partial charge in [-0.3, -0.25) is 4.79 Å². The van der Waals surface area contributed by atoms with Crippen LogP contribution in [-0.2, 0) is 0 Å². The van der Waals surface area contributed by atoms with E-state index in [1.165, 1.54) is 11.3 Å². The number of nitrogen functional groups attached to an aromatic ring is 1. The van der Waals surface area contributed by atoms with Crippen LogP contribution in [0.5, 0.6) is 0 Å². The van der Waals surface area contributed by atoms with Crippen LogP contribution in [0.1, 0.15) is 10.4 Å². The number of nitrogens with two attached hydrogens (primary N) is 3. The zero-order chi connectivity index (χ0) is 11.7. The van der Waals surface area contributed by atoms with E-state index in [1.54, 1.807) is 18.2 Å². The monoisotopic (exact) mass is 307 g/mol. The van der Waals surface area contributed by atoms with E-state index < -0.39 is 5.91 Å². The van der Waals surface area contributed by atoms with Crippen LogP contribution in [0.2, 0.25) is 0 Å². The first-order chi connectivity index (χ1) is 7.56. The SMILES string of the molecule is Cl.Cl.NC(N)=NC(=O)c1ccc2nc(N)sc2c1. The average molecular weight is 308 g/mol. The summed E-state index contributed by atoms with van der Waals surface area (Å²) in [6.07, 6.45) is 0. The number of amides is 1. The Bertz CT molecular complexity index is 594. The van der Waals surface area contributed by atoms with E-state index in [-0.39, 0.29) is 30.8 Å². The highest BCUT2D eigenvalue weighted by atomic mass is 35.5. The molecule has 0 aliphatic carbocycles. The lowest BCUT2D eigenvalue weighted by Crippen LogP contribution is -2.24. The Morgan fingerprint density at radius 3 is 2.56 bits per heavy atom. The van der Waals surface area contributed by atoms with Crippen LogP contribution in [0, 0.1) is 0 Å². The fraction of sp³-hybridized carbons (Fsp3) is 0. The molecule has 1 amide bonds. The first kappa shape index (κ1) is 16.4. The van der Waals surface area contributed by atoms with Gasteiger partial charge < -0.3 is 17.2 Å². The number of guanidine groups is 1. The number of hydrogen-bond acceptors (Lipinski definition) is 4. The largest absolute Gasteiger partial charge is 0.375 e. The van der Waals surface area contributed by atoms with E-state index in [1.807, 2.05) is 0 Å². The highest BCUT2D eigenvalue weighted by Gasteiger charge is 2.07. The van der Waals surface area contributed by atoms with Crippen molar-refractivity contribution in [1.82, 2.24) is 4.98 Å². The highest BCUT2D eigenvalue weighted by Crippen LogP contribution is 2.24. The number of nitrogens with zero attached hydrogens (tertiary/aromatic N) is 2. The van der Waals surface area contributed by atoms with E-state index in [0.717, 1.165) is 10.2 Å². The molecule has 1 aromatic heterocycles.